The molecular weight excluding hydrogens is 378 g/mol. The van der Waals surface area contributed by atoms with Crippen molar-refractivity contribution in [3.05, 3.63) is 60.2 Å². The normalized spacial score (nSPS) is 17.0. The van der Waals surface area contributed by atoms with Gasteiger partial charge in [-0.3, -0.25) is 14.3 Å². The molecule has 1 heterocycles. The zero-order valence-electron chi connectivity index (χ0n) is 15.6. The highest BCUT2D eigenvalue weighted by Gasteiger charge is 2.28. The van der Waals surface area contributed by atoms with E-state index in [2.05, 4.69) is 10.0 Å². The van der Waals surface area contributed by atoms with Gasteiger partial charge in [0.05, 0.1) is 10.8 Å². The van der Waals surface area contributed by atoms with Crippen molar-refractivity contribution in [3.63, 3.8) is 0 Å². The molecule has 1 aliphatic heterocycles. The third kappa shape index (κ3) is 4.51. The maximum absolute atomic E-state index is 12.7. The van der Waals surface area contributed by atoms with E-state index in [1.54, 1.807) is 54.4 Å². The number of amides is 2. The summed E-state index contributed by atoms with van der Waals surface area (Å²) >= 11 is 0. The average molecular weight is 401 g/mol. The molecule has 2 aromatic carbocycles. The molecule has 0 bridgehead atoms. The fourth-order valence-electron chi connectivity index (χ4n) is 3.26. The highest BCUT2D eigenvalue weighted by molar-refractivity contribution is 7.92. The van der Waals surface area contributed by atoms with Crippen LogP contribution in [0, 0.1) is 5.92 Å². The van der Waals surface area contributed by atoms with Gasteiger partial charge in [-0.25, -0.2) is 8.42 Å². The number of sulfonamides is 1. The highest BCUT2D eigenvalue weighted by atomic mass is 32.2. The molecule has 0 radical (unpaired) electrons. The third-order valence-electron chi connectivity index (χ3n) is 4.76. The molecule has 3 rings (SSSR count). The van der Waals surface area contributed by atoms with Crippen molar-refractivity contribution in [3.8, 4) is 0 Å². The molecule has 1 fully saturated rings. The number of rotatable bonds is 5. The SMILES string of the molecule is CNC(=O)C1CCCN(C(=O)c2ccc(NS(=O)(=O)c3ccccc3)cc2)C1. The summed E-state index contributed by atoms with van der Waals surface area (Å²) in [5.41, 5.74) is 0.836. The number of nitrogens with zero attached hydrogens (tertiary/aromatic N) is 1. The molecule has 2 aromatic rings. The Morgan fingerprint density at radius 1 is 1.04 bits per heavy atom. The first-order valence-corrected chi connectivity index (χ1v) is 10.6. The molecule has 0 aromatic heterocycles. The van der Waals surface area contributed by atoms with Crippen LogP contribution in [0.5, 0.6) is 0 Å². The topological polar surface area (TPSA) is 95.6 Å². The molecule has 148 valence electrons. The minimum Gasteiger partial charge on any atom is -0.359 e. The first kappa shape index (κ1) is 19.9. The monoisotopic (exact) mass is 401 g/mol. The van der Waals surface area contributed by atoms with E-state index in [0.717, 1.165) is 12.8 Å². The molecular formula is C20H23N3O4S. The lowest BCUT2D eigenvalue weighted by Crippen LogP contribution is -2.44. The van der Waals surface area contributed by atoms with Crippen LogP contribution in [0.3, 0.4) is 0 Å². The van der Waals surface area contributed by atoms with Crippen LogP contribution in [0.2, 0.25) is 0 Å². The van der Waals surface area contributed by atoms with Gasteiger partial charge in [0.1, 0.15) is 0 Å². The van der Waals surface area contributed by atoms with Gasteiger partial charge in [-0.1, -0.05) is 18.2 Å². The van der Waals surface area contributed by atoms with Crippen molar-refractivity contribution in [1.82, 2.24) is 10.2 Å². The fourth-order valence-corrected chi connectivity index (χ4v) is 4.34. The quantitative estimate of drug-likeness (QED) is 0.802. The maximum Gasteiger partial charge on any atom is 0.261 e. The highest BCUT2D eigenvalue weighted by Crippen LogP contribution is 2.21. The van der Waals surface area contributed by atoms with E-state index in [9.17, 15) is 18.0 Å². The van der Waals surface area contributed by atoms with Crippen LogP contribution in [0.25, 0.3) is 0 Å². The van der Waals surface area contributed by atoms with Gasteiger partial charge in [0.2, 0.25) is 5.91 Å². The first-order chi connectivity index (χ1) is 13.4. The Hall–Kier alpha value is -2.87. The number of nitrogens with one attached hydrogen (secondary N) is 2. The number of hydrogen-bond donors (Lipinski definition) is 2. The molecule has 2 N–H and O–H groups in total. The summed E-state index contributed by atoms with van der Waals surface area (Å²) in [5.74, 6) is -0.408. The zero-order chi connectivity index (χ0) is 20.1. The van der Waals surface area contributed by atoms with E-state index >= 15 is 0 Å². The Kier molecular flexibility index (Phi) is 5.99. The lowest BCUT2D eigenvalue weighted by molar-refractivity contribution is -0.125. The smallest absolute Gasteiger partial charge is 0.261 e. The average Bonchev–Trinajstić information content (AvgIpc) is 2.73. The minimum absolute atomic E-state index is 0.0526. The molecule has 2 amide bonds. The molecule has 28 heavy (non-hydrogen) atoms. The van der Waals surface area contributed by atoms with Crippen molar-refractivity contribution < 1.29 is 18.0 Å². The summed E-state index contributed by atoms with van der Waals surface area (Å²) in [7, 11) is -2.08. The van der Waals surface area contributed by atoms with E-state index in [1.807, 2.05) is 0 Å². The van der Waals surface area contributed by atoms with Crippen molar-refractivity contribution in [2.24, 2.45) is 5.92 Å². The third-order valence-corrected chi connectivity index (χ3v) is 6.16. The molecule has 1 aliphatic rings. The van der Waals surface area contributed by atoms with Crippen molar-refractivity contribution in [2.45, 2.75) is 17.7 Å². The van der Waals surface area contributed by atoms with Crippen LogP contribution in [0.4, 0.5) is 5.69 Å². The molecule has 0 saturated carbocycles. The van der Waals surface area contributed by atoms with Gasteiger partial charge in [-0.2, -0.15) is 0 Å². The summed E-state index contributed by atoms with van der Waals surface area (Å²) in [5, 5.41) is 2.63. The first-order valence-electron chi connectivity index (χ1n) is 9.09. The number of carbonyl (C=O) groups excluding carboxylic acids is 2. The van der Waals surface area contributed by atoms with Crippen molar-refractivity contribution in [1.29, 1.82) is 0 Å². The van der Waals surface area contributed by atoms with Gasteiger partial charge in [0, 0.05) is 31.4 Å². The van der Waals surface area contributed by atoms with Gasteiger partial charge in [0.15, 0.2) is 0 Å². The minimum atomic E-state index is -3.68. The maximum atomic E-state index is 12.7. The summed E-state index contributed by atoms with van der Waals surface area (Å²) in [4.78, 5) is 26.4. The second-order valence-corrected chi connectivity index (χ2v) is 8.38. The number of anilines is 1. The van der Waals surface area contributed by atoms with Crippen LogP contribution in [0.1, 0.15) is 23.2 Å². The number of carbonyl (C=O) groups is 2. The molecule has 7 nitrogen and oxygen atoms in total. The van der Waals surface area contributed by atoms with E-state index in [1.165, 1.54) is 12.1 Å². The van der Waals surface area contributed by atoms with Gasteiger partial charge in [0.25, 0.3) is 15.9 Å². The lowest BCUT2D eigenvalue weighted by Gasteiger charge is -2.31. The Morgan fingerprint density at radius 3 is 2.36 bits per heavy atom. The second kappa shape index (κ2) is 8.43. The van der Waals surface area contributed by atoms with E-state index in [4.69, 9.17) is 0 Å². The van der Waals surface area contributed by atoms with E-state index in [-0.39, 0.29) is 22.6 Å². The van der Waals surface area contributed by atoms with Crippen LogP contribution in [-0.4, -0.2) is 45.3 Å². The number of hydrogen-bond acceptors (Lipinski definition) is 4. The van der Waals surface area contributed by atoms with Crippen molar-refractivity contribution >= 4 is 27.5 Å². The van der Waals surface area contributed by atoms with Gasteiger partial charge in [-0.15, -0.1) is 0 Å². The number of piperidine rings is 1. The Morgan fingerprint density at radius 2 is 1.71 bits per heavy atom. The van der Waals surface area contributed by atoms with Crippen LogP contribution in [0.15, 0.2) is 59.5 Å². The summed E-state index contributed by atoms with van der Waals surface area (Å²) in [6.07, 6.45) is 1.54. The largest absolute Gasteiger partial charge is 0.359 e. The molecule has 1 unspecified atom stereocenters. The summed E-state index contributed by atoms with van der Waals surface area (Å²) in [6.45, 7) is 0.996. The summed E-state index contributed by atoms with van der Waals surface area (Å²) in [6, 6.07) is 14.4. The van der Waals surface area contributed by atoms with E-state index < -0.39 is 10.0 Å². The van der Waals surface area contributed by atoms with Crippen LogP contribution >= 0.6 is 0 Å². The predicted octanol–water partition coefficient (Wildman–Crippen LogP) is 2.09. The van der Waals surface area contributed by atoms with Gasteiger partial charge in [-0.05, 0) is 49.2 Å². The molecule has 0 spiro atoms. The zero-order valence-corrected chi connectivity index (χ0v) is 16.4. The second-order valence-electron chi connectivity index (χ2n) is 6.70. The van der Waals surface area contributed by atoms with Crippen LogP contribution < -0.4 is 10.0 Å². The van der Waals surface area contributed by atoms with Crippen molar-refractivity contribution in [2.75, 3.05) is 24.9 Å². The lowest BCUT2D eigenvalue weighted by atomic mass is 9.96. The number of likely N-dealkylation sites (tertiary alicyclic amines) is 1. The molecule has 8 heteroatoms. The Labute approximate surface area is 164 Å². The number of benzene rings is 2. The fraction of sp³-hybridized carbons (Fsp3) is 0.300. The molecule has 1 saturated heterocycles. The van der Waals surface area contributed by atoms with Crippen LogP contribution in [-0.2, 0) is 14.8 Å². The Bertz CT molecular complexity index is 943. The molecule has 0 aliphatic carbocycles. The Balaban J connectivity index is 1.68. The van der Waals surface area contributed by atoms with E-state index in [0.29, 0.717) is 24.3 Å². The predicted molar refractivity (Wildman–Crippen MR) is 106 cm³/mol. The van der Waals surface area contributed by atoms with Gasteiger partial charge >= 0.3 is 0 Å². The standard InChI is InChI=1S/C20H23N3O4S/c1-21-19(24)16-6-5-13-23(14-16)20(25)15-9-11-17(12-10-15)22-28(26,27)18-7-3-2-4-8-18/h2-4,7-12,16,22H,5-6,13-14H2,1H3,(H,21,24). The van der Waals surface area contributed by atoms with Gasteiger partial charge < -0.3 is 10.2 Å². The molecule has 1 atom stereocenters. The summed E-state index contributed by atoms with van der Waals surface area (Å²) < 4.78 is 27.2.